The first-order valence-electron chi connectivity index (χ1n) is 5.59. The number of hydrogen-bond donors (Lipinski definition) is 1. The fraction of sp³-hybridized carbons (Fsp3) is 0. The zero-order valence-corrected chi connectivity index (χ0v) is 11.0. The van der Waals surface area contributed by atoms with Crippen molar-refractivity contribution in [1.82, 2.24) is 0 Å². The number of benzene rings is 2. The molecule has 0 aliphatic carbocycles. The van der Waals surface area contributed by atoms with Crippen molar-refractivity contribution in [2.45, 2.75) is 9.79 Å². The van der Waals surface area contributed by atoms with Gasteiger partial charge in [0.15, 0.2) is 0 Å². The number of carbonyl (C=O) groups is 2. The molecule has 0 aliphatic rings. The Morgan fingerprint density at radius 3 is 2.10 bits per heavy atom. The average Bonchev–Trinajstić information content (AvgIpc) is 2.41. The van der Waals surface area contributed by atoms with Gasteiger partial charge in [-0.1, -0.05) is 30.0 Å². The molecule has 0 unspecified atom stereocenters. The fourth-order valence-corrected chi connectivity index (χ4v) is 2.23. The van der Waals surface area contributed by atoms with Gasteiger partial charge in [-0.3, -0.25) is 0 Å². The molecule has 0 saturated heterocycles. The molecule has 0 fully saturated rings. The Labute approximate surface area is 119 Å². The van der Waals surface area contributed by atoms with Crippen LogP contribution in [0.4, 0.5) is 9.59 Å². The Kier molecular flexibility index (Phi) is 4.62. The fourth-order valence-electron chi connectivity index (χ4n) is 1.39. The zero-order chi connectivity index (χ0) is 14.4. The van der Waals surface area contributed by atoms with Gasteiger partial charge in [-0.05, 0) is 36.4 Å². The van der Waals surface area contributed by atoms with Gasteiger partial charge < -0.3 is 14.6 Å². The van der Waals surface area contributed by atoms with Crippen LogP contribution in [-0.2, 0) is 4.74 Å². The molecule has 2 rings (SSSR count). The molecule has 0 aliphatic heterocycles. The van der Waals surface area contributed by atoms with E-state index in [9.17, 15) is 9.59 Å². The van der Waals surface area contributed by atoms with E-state index in [4.69, 9.17) is 5.11 Å². The third kappa shape index (κ3) is 4.33. The van der Waals surface area contributed by atoms with Crippen molar-refractivity contribution < 1.29 is 24.2 Å². The van der Waals surface area contributed by atoms with Gasteiger partial charge in [0.2, 0.25) is 0 Å². The first-order chi connectivity index (χ1) is 9.63. The lowest BCUT2D eigenvalue weighted by Crippen LogP contribution is -2.14. The molecular formula is C14H10O5S. The Morgan fingerprint density at radius 2 is 1.50 bits per heavy atom. The van der Waals surface area contributed by atoms with Crippen LogP contribution in [0.3, 0.4) is 0 Å². The van der Waals surface area contributed by atoms with Gasteiger partial charge >= 0.3 is 12.3 Å². The third-order valence-electron chi connectivity index (χ3n) is 2.17. The zero-order valence-electron chi connectivity index (χ0n) is 10.2. The third-order valence-corrected chi connectivity index (χ3v) is 3.19. The average molecular weight is 290 g/mol. The van der Waals surface area contributed by atoms with E-state index in [-0.39, 0.29) is 5.75 Å². The minimum Gasteiger partial charge on any atom is -0.449 e. The summed E-state index contributed by atoms with van der Waals surface area (Å²) in [4.78, 5) is 23.2. The molecule has 0 saturated carbocycles. The van der Waals surface area contributed by atoms with Crippen molar-refractivity contribution >= 4 is 24.1 Å². The van der Waals surface area contributed by atoms with E-state index >= 15 is 0 Å². The van der Waals surface area contributed by atoms with Crippen molar-refractivity contribution in [1.29, 1.82) is 0 Å². The first kappa shape index (κ1) is 14.0. The van der Waals surface area contributed by atoms with Crippen LogP contribution in [0.1, 0.15) is 0 Å². The van der Waals surface area contributed by atoms with Crippen molar-refractivity contribution in [2.75, 3.05) is 0 Å². The van der Waals surface area contributed by atoms with Gasteiger partial charge in [0.25, 0.3) is 0 Å². The molecule has 1 N–H and O–H groups in total. The second kappa shape index (κ2) is 6.63. The number of rotatable bonds is 3. The highest BCUT2D eigenvalue weighted by Crippen LogP contribution is 2.28. The predicted octanol–water partition coefficient (Wildman–Crippen LogP) is 4.03. The van der Waals surface area contributed by atoms with Crippen LogP contribution >= 0.6 is 11.8 Å². The maximum Gasteiger partial charge on any atom is 0.524 e. The molecular weight excluding hydrogens is 280 g/mol. The molecule has 0 atom stereocenters. The van der Waals surface area contributed by atoms with Gasteiger partial charge in [0.05, 0.1) is 0 Å². The summed E-state index contributed by atoms with van der Waals surface area (Å²) in [5, 5.41) is 8.24. The van der Waals surface area contributed by atoms with Crippen molar-refractivity contribution in [2.24, 2.45) is 0 Å². The van der Waals surface area contributed by atoms with E-state index in [1.807, 2.05) is 30.3 Å². The Balaban J connectivity index is 1.96. The van der Waals surface area contributed by atoms with E-state index in [1.165, 1.54) is 0 Å². The molecule has 102 valence electrons. The van der Waals surface area contributed by atoms with Crippen LogP contribution in [0, 0.1) is 0 Å². The van der Waals surface area contributed by atoms with Crippen molar-refractivity contribution in [3.8, 4) is 5.75 Å². The quantitative estimate of drug-likeness (QED) is 0.522. The Morgan fingerprint density at radius 1 is 0.900 bits per heavy atom. The van der Waals surface area contributed by atoms with Crippen molar-refractivity contribution in [3.63, 3.8) is 0 Å². The highest BCUT2D eigenvalue weighted by Gasteiger charge is 2.10. The standard InChI is InChI=1S/C14H10O5S/c15-13(16)19-14(17)18-10-6-8-12(9-7-10)20-11-4-2-1-3-5-11/h1-9H,(H,15,16). The molecule has 20 heavy (non-hydrogen) atoms. The smallest absolute Gasteiger partial charge is 0.449 e. The molecule has 0 bridgehead atoms. The van der Waals surface area contributed by atoms with Crippen molar-refractivity contribution in [3.05, 3.63) is 54.6 Å². The van der Waals surface area contributed by atoms with E-state index in [2.05, 4.69) is 9.47 Å². The number of carbonyl (C=O) groups excluding carboxylic acids is 1. The maximum absolute atomic E-state index is 11.0. The summed E-state index contributed by atoms with van der Waals surface area (Å²) in [6, 6.07) is 16.5. The van der Waals surface area contributed by atoms with Crippen LogP contribution in [0.15, 0.2) is 64.4 Å². The minimum absolute atomic E-state index is 0.216. The Hall–Kier alpha value is -2.47. The van der Waals surface area contributed by atoms with Crippen LogP contribution in [0.5, 0.6) is 5.75 Å². The molecule has 2 aromatic rings. The maximum atomic E-state index is 11.0. The summed E-state index contributed by atoms with van der Waals surface area (Å²) in [5.74, 6) is 0.216. The molecule has 0 amide bonds. The summed E-state index contributed by atoms with van der Waals surface area (Å²) in [6.07, 6.45) is -2.98. The van der Waals surface area contributed by atoms with E-state index in [1.54, 1.807) is 36.0 Å². The lowest BCUT2D eigenvalue weighted by Gasteiger charge is -2.04. The summed E-state index contributed by atoms with van der Waals surface area (Å²) >= 11 is 1.56. The monoisotopic (exact) mass is 290 g/mol. The topological polar surface area (TPSA) is 72.8 Å². The molecule has 0 spiro atoms. The largest absolute Gasteiger partial charge is 0.524 e. The normalized spacial score (nSPS) is 9.80. The lowest BCUT2D eigenvalue weighted by molar-refractivity contribution is 0.0848. The van der Waals surface area contributed by atoms with Crippen LogP contribution in [-0.4, -0.2) is 17.4 Å². The Bertz CT molecular complexity index is 595. The highest BCUT2D eigenvalue weighted by molar-refractivity contribution is 7.99. The van der Waals surface area contributed by atoms with Crippen LogP contribution in [0.2, 0.25) is 0 Å². The SMILES string of the molecule is O=C(O)OC(=O)Oc1ccc(Sc2ccccc2)cc1. The molecule has 2 aromatic carbocycles. The summed E-state index contributed by atoms with van der Waals surface area (Å²) in [7, 11) is 0. The van der Waals surface area contributed by atoms with Gasteiger partial charge in [0, 0.05) is 9.79 Å². The van der Waals surface area contributed by atoms with E-state index < -0.39 is 12.3 Å². The molecule has 0 aromatic heterocycles. The highest BCUT2D eigenvalue weighted by atomic mass is 32.2. The second-order valence-corrected chi connectivity index (χ2v) is 4.75. The predicted molar refractivity (Wildman–Crippen MR) is 72.1 cm³/mol. The van der Waals surface area contributed by atoms with Gasteiger partial charge in [-0.15, -0.1) is 0 Å². The van der Waals surface area contributed by atoms with Gasteiger partial charge in [-0.2, -0.15) is 0 Å². The molecule has 0 radical (unpaired) electrons. The van der Waals surface area contributed by atoms with E-state index in [0.29, 0.717) is 0 Å². The minimum atomic E-state index is -1.70. The lowest BCUT2D eigenvalue weighted by atomic mass is 10.3. The van der Waals surface area contributed by atoms with Crippen LogP contribution in [0.25, 0.3) is 0 Å². The number of carboxylic acid groups (broad SMARTS) is 1. The molecule has 5 nitrogen and oxygen atoms in total. The number of ether oxygens (including phenoxy) is 2. The van der Waals surface area contributed by atoms with Gasteiger partial charge in [-0.25, -0.2) is 9.59 Å². The summed E-state index contributed by atoms with van der Waals surface area (Å²) in [6.45, 7) is 0. The van der Waals surface area contributed by atoms with Crippen LogP contribution < -0.4 is 4.74 Å². The summed E-state index contributed by atoms with van der Waals surface area (Å²) in [5.41, 5.74) is 0. The number of hydrogen-bond acceptors (Lipinski definition) is 5. The first-order valence-corrected chi connectivity index (χ1v) is 6.41. The molecule has 6 heteroatoms. The van der Waals surface area contributed by atoms with Gasteiger partial charge in [0.1, 0.15) is 5.75 Å². The molecule has 0 heterocycles. The summed E-state index contributed by atoms with van der Waals surface area (Å²) < 4.78 is 8.51. The second-order valence-electron chi connectivity index (χ2n) is 3.61. The van der Waals surface area contributed by atoms with E-state index in [0.717, 1.165) is 9.79 Å².